The van der Waals surface area contributed by atoms with Crippen LogP contribution in [0.5, 0.6) is 0 Å². The Morgan fingerprint density at radius 3 is 2.35 bits per heavy atom. The molecule has 0 atom stereocenters. The van der Waals surface area contributed by atoms with E-state index in [4.69, 9.17) is 5.73 Å². The molecule has 0 amide bonds. The molecule has 0 spiro atoms. The van der Waals surface area contributed by atoms with Gasteiger partial charge in [-0.3, -0.25) is 0 Å². The summed E-state index contributed by atoms with van der Waals surface area (Å²) in [6.45, 7) is 0.759. The van der Waals surface area contributed by atoms with Gasteiger partial charge in [0, 0.05) is 13.1 Å². The Balaban J connectivity index is 2.11. The van der Waals surface area contributed by atoms with Crippen molar-refractivity contribution in [2.45, 2.75) is 19.3 Å². The summed E-state index contributed by atoms with van der Waals surface area (Å²) in [6, 6.07) is 11.3. The molecule has 106 valence electrons. The minimum atomic E-state index is -4.44. The molecule has 0 bridgehead atoms. The van der Waals surface area contributed by atoms with Crippen molar-refractivity contribution < 1.29 is 13.2 Å². The van der Waals surface area contributed by atoms with E-state index in [1.54, 1.807) is 0 Å². The third-order valence-electron chi connectivity index (χ3n) is 2.84. The number of rotatable bonds is 4. The lowest BCUT2D eigenvalue weighted by atomic mass is 10.1. The first kappa shape index (κ1) is 14.3. The summed E-state index contributed by atoms with van der Waals surface area (Å²) >= 11 is 0. The van der Waals surface area contributed by atoms with Crippen LogP contribution in [0.15, 0.2) is 42.5 Å². The fourth-order valence-electron chi connectivity index (χ4n) is 1.81. The third kappa shape index (κ3) is 3.48. The van der Waals surface area contributed by atoms with Gasteiger partial charge in [0.15, 0.2) is 0 Å². The monoisotopic (exact) mass is 281 g/mol. The van der Waals surface area contributed by atoms with Gasteiger partial charge in [-0.15, -0.1) is 0 Å². The highest BCUT2D eigenvalue weighted by molar-refractivity contribution is 5.38. The summed E-state index contributed by atoms with van der Waals surface area (Å²) in [5.41, 5.74) is 6.59. The van der Waals surface area contributed by atoms with Gasteiger partial charge in [-0.25, -0.2) is 4.98 Å². The summed E-state index contributed by atoms with van der Waals surface area (Å²) in [5, 5.41) is 2.88. The molecule has 3 N–H and O–H groups in total. The first-order valence-electron chi connectivity index (χ1n) is 6.05. The molecule has 0 saturated carbocycles. The van der Waals surface area contributed by atoms with E-state index in [1.165, 1.54) is 12.1 Å². The molecule has 6 heteroatoms. The molecule has 0 aliphatic heterocycles. The lowest BCUT2D eigenvalue weighted by Gasteiger charge is -2.11. The highest BCUT2D eigenvalue weighted by atomic mass is 19.4. The Hall–Kier alpha value is -2.08. The Labute approximate surface area is 114 Å². The van der Waals surface area contributed by atoms with E-state index in [-0.39, 0.29) is 5.82 Å². The van der Waals surface area contributed by atoms with Crippen LogP contribution in [0.25, 0.3) is 0 Å². The number of anilines is 1. The van der Waals surface area contributed by atoms with E-state index in [9.17, 15) is 13.2 Å². The van der Waals surface area contributed by atoms with Gasteiger partial charge in [-0.05, 0) is 23.3 Å². The molecular weight excluding hydrogens is 267 g/mol. The molecule has 2 aromatic rings. The van der Waals surface area contributed by atoms with E-state index in [1.807, 2.05) is 24.3 Å². The number of pyridine rings is 1. The summed E-state index contributed by atoms with van der Waals surface area (Å²) in [6.07, 6.45) is -4.44. The Morgan fingerprint density at radius 2 is 1.70 bits per heavy atom. The van der Waals surface area contributed by atoms with Gasteiger partial charge >= 0.3 is 6.18 Å². The number of hydrogen-bond acceptors (Lipinski definition) is 3. The molecule has 0 saturated heterocycles. The van der Waals surface area contributed by atoms with Crippen molar-refractivity contribution in [3.05, 3.63) is 59.3 Å². The van der Waals surface area contributed by atoms with E-state index in [0.29, 0.717) is 13.1 Å². The maximum atomic E-state index is 12.5. The van der Waals surface area contributed by atoms with E-state index >= 15 is 0 Å². The highest BCUT2D eigenvalue weighted by Crippen LogP contribution is 2.28. The van der Waals surface area contributed by atoms with Crippen molar-refractivity contribution >= 4 is 5.82 Å². The predicted octanol–water partition coefficient (Wildman–Crippen LogP) is 3.17. The maximum Gasteiger partial charge on any atom is 0.433 e. The van der Waals surface area contributed by atoms with Crippen molar-refractivity contribution in [3.63, 3.8) is 0 Å². The van der Waals surface area contributed by atoms with Crippen molar-refractivity contribution in [1.82, 2.24) is 4.98 Å². The molecule has 1 heterocycles. The van der Waals surface area contributed by atoms with E-state index in [2.05, 4.69) is 10.3 Å². The second-order valence-corrected chi connectivity index (χ2v) is 4.23. The largest absolute Gasteiger partial charge is 0.433 e. The average Bonchev–Trinajstić information content (AvgIpc) is 2.45. The molecule has 2 rings (SSSR count). The fraction of sp³-hybridized carbons (Fsp3) is 0.214. The average molecular weight is 281 g/mol. The molecule has 1 aromatic heterocycles. The smallest absolute Gasteiger partial charge is 0.366 e. The van der Waals surface area contributed by atoms with E-state index < -0.39 is 11.9 Å². The van der Waals surface area contributed by atoms with Gasteiger partial charge in [0.1, 0.15) is 11.5 Å². The number of benzene rings is 1. The number of alkyl halides is 3. The van der Waals surface area contributed by atoms with Crippen LogP contribution in [-0.4, -0.2) is 4.98 Å². The number of nitrogens with one attached hydrogen (secondary N) is 1. The first-order valence-corrected chi connectivity index (χ1v) is 6.05. The topological polar surface area (TPSA) is 50.9 Å². The number of hydrogen-bond donors (Lipinski definition) is 2. The van der Waals surface area contributed by atoms with Gasteiger partial charge < -0.3 is 11.1 Å². The van der Waals surface area contributed by atoms with Crippen molar-refractivity contribution in [2.75, 3.05) is 5.32 Å². The Bertz CT molecular complexity index is 582. The molecule has 0 radical (unpaired) electrons. The first-order chi connectivity index (χ1) is 9.50. The second-order valence-electron chi connectivity index (χ2n) is 4.23. The zero-order chi connectivity index (χ0) is 14.6. The van der Waals surface area contributed by atoms with Crippen LogP contribution in [0.4, 0.5) is 19.0 Å². The SMILES string of the molecule is NCc1ccccc1CNc1cccc(C(F)(F)F)n1. The number of halogens is 3. The summed E-state index contributed by atoms with van der Waals surface area (Å²) in [7, 11) is 0. The fourth-order valence-corrected chi connectivity index (χ4v) is 1.81. The minimum Gasteiger partial charge on any atom is -0.366 e. The van der Waals surface area contributed by atoms with Gasteiger partial charge in [0.25, 0.3) is 0 Å². The molecule has 0 fully saturated rings. The zero-order valence-corrected chi connectivity index (χ0v) is 10.6. The summed E-state index contributed by atoms with van der Waals surface area (Å²) < 4.78 is 37.6. The Morgan fingerprint density at radius 1 is 1.00 bits per heavy atom. The molecule has 0 aliphatic carbocycles. The molecule has 0 unspecified atom stereocenters. The minimum absolute atomic E-state index is 0.187. The van der Waals surface area contributed by atoms with Gasteiger partial charge in [-0.1, -0.05) is 30.3 Å². The molecule has 3 nitrogen and oxygen atoms in total. The quantitative estimate of drug-likeness (QED) is 0.905. The van der Waals surface area contributed by atoms with Crippen LogP contribution < -0.4 is 11.1 Å². The summed E-state index contributed by atoms with van der Waals surface area (Å²) in [4.78, 5) is 3.55. The van der Waals surface area contributed by atoms with Gasteiger partial charge in [0.2, 0.25) is 0 Å². The number of nitrogens with zero attached hydrogens (tertiary/aromatic N) is 1. The second kappa shape index (κ2) is 5.92. The molecule has 20 heavy (non-hydrogen) atoms. The van der Waals surface area contributed by atoms with Crippen LogP contribution in [-0.2, 0) is 19.3 Å². The molecular formula is C14H14F3N3. The maximum absolute atomic E-state index is 12.5. The number of nitrogens with two attached hydrogens (primary N) is 1. The summed E-state index contributed by atoms with van der Waals surface area (Å²) in [5.74, 6) is 0.187. The zero-order valence-electron chi connectivity index (χ0n) is 10.6. The van der Waals surface area contributed by atoms with Crippen LogP contribution in [0.1, 0.15) is 16.8 Å². The third-order valence-corrected chi connectivity index (χ3v) is 2.84. The van der Waals surface area contributed by atoms with Crippen molar-refractivity contribution in [2.24, 2.45) is 5.73 Å². The number of aromatic nitrogens is 1. The van der Waals surface area contributed by atoms with Crippen LogP contribution in [0.3, 0.4) is 0 Å². The van der Waals surface area contributed by atoms with Crippen LogP contribution >= 0.6 is 0 Å². The highest BCUT2D eigenvalue weighted by Gasteiger charge is 2.32. The normalized spacial score (nSPS) is 11.4. The molecule has 0 aliphatic rings. The molecule has 1 aromatic carbocycles. The van der Waals surface area contributed by atoms with Crippen LogP contribution in [0, 0.1) is 0 Å². The lowest BCUT2D eigenvalue weighted by Crippen LogP contribution is -2.11. The van der Waals surface area contributed by atoms with Gasteiger partial charge in [0.05, 0.1) is 0 Å². The van der Waals surface area contributed by atoms with Crippen molar-refractivity contribution in [1.29, 1.82) is 0 Å². The lowest BCUT2D eigenvalue weighted by molar-refractivity contribution is -0.141. The standard InChI is InChI=1S/C14H14F3N3/c15-14(16,17)12-6-3-7-13(20-12)19-9-11-5-2-1-4-10(11)8-18/h1-7H,8-9,18H2,(H,19,20). The van der Waals surface area contributed by atoms with E-state index in [0.717, 1.165) is 17.2 Å². The van der Waals surface area contributed by atoms with Crippen LogP contribution in [0.2, 0.25) is 0 Å². The van der Waals surface area contributed by atoms with Gasteiger partial charge in [-0.2, -0.15) is 13.2 Å². The predicted molar refractivity (Wildman–Crippen MR) is 70.9 cm³/mol. The van der Waals surface area contributed by atoms with Crippen molar-refractivity contribution in [3.8, 4) is 0 Å². The Kier molecular flexibility index (Phi) is 4.24.